The van der Waals surface area contributed by atoms with E-state index >= 15 is 0 Å². The van der Waals surface area contributed by atoms with Crippen molar-refractivity contribution >= 4 is 6.08 Å². The fourth-order valence-electron chi connectivity index (χ4n) is 2.07. The van der Waals surface area contributed by atoms with Crippen LogP contribution in [-0.2, 0) is 5.60 Å². The molecule has 2 rings (SSSR count). The second kappa shape index (κ2) is 7.08. The minimum Gasteiger partial charge on any atom is -0.463 e. The first-order valence-corrected chi connectivity index (χ1v) is 7.18. The molecule has 114 valence electrons. The Morgan fingerprint density at radius 2 is 2.00 bits per heavy atom. The zero-order valence-corrected chi connectivity index (χ0v) is 12.8. The van der Waals surface area contributed by atoms with Gasteiger partial charge in [-0.15, -0.1) is 0 Å². The number of hydrogen-bond donors (Lipinski definition) is 2. The minimum absolute atomic E-state index is 0.400. The van der Waals surface area contributed by atoms with Gasteiger partial charge < -0.3 is 14.8 Å². The van der Waals surface area contributed by atoms with Crippen molar-refractivity contribution in [3.63, 3.8) is 0 Å². The van der Waals surface area contributed by atoms with Gasteiger partial charge in [-0.25, -0.2) is 0 Å². The lowest BCUT2D eigenvalue weighted by atomic mass is 10.0. The average Bonchev–Trinajstić information content (AvgIpc) is 2.95. The monoisotopic (exact) mass is 296 g/mol. The molecule has 4 nitrogen and oxygen atoms in total. The first kappa shape index (κ1) is 16.0. The standard InChI is InChI=1S/C18H20N2O2/c1-14-5-10-17(22-14)18(2,21)13-20-11-3-4-15-6-8-16(12-19)9-7-15/h3-10,20-21H,11,13H2,1-2H3/b4-3+. The Labute approximate surface area is 130 Å². The molecular weight excluding hydrogens is 276 g/mol. The highest BCUT2D eigenvalue weighted by Gasteiger charge is 2.25. The molecule has 0 saturated heterocycles. The lowest BCUT2D eigenvalue weighted by Crippen LogP contribution is -2.35. The van der Waals surface area contributed by atoms with Crippen LogP contribution >= 0.6 is 0 Å². The van der Waals surface area contributed by atoms with Crippen LogP contribution in [0.3, 0.4) is 0 Å². The largest absolute Gasteiger partial charge is 0.463 e. The molecule has 22 heavy (non-hydrogen) atoms. The molecule has 4 heteroatoms. The van der Waals surface area contributed by atoms with E-state index in [1.165, 1.54) is 0 Å². The number of nitrogens with one attached hydrogen (secondary N) is 1. The maximum Gasteiger partial charge on any atom is 0.136 e. The zero-order valence-electron chi connectivity index (χ0n) is 12.8. The van der Waals surface area contributed by atoms with Gasteiger partial charge in [-0.2, -0.15) is 5.26 Å². The summed E-state index contributed by atoms with van der Waals surface area (Å²) in [7, 11) is 0. The molecule has 0 fully saturated rings. The fourth-order valence-corrected chi connectivity index (χ4v) is 2.07. The SMILES string of the molecule is Cc1ccc(C(C)(O)CNC/C=C/c2ccc(C#N)cc2)o1. The summed E-state index contributed by atoms with van der Waals surface area (Å²) in [4.78, 5) is 0. The van der Waals surface area contributed by atoms with Crippen molar-refractivity contribution in [2.75, 3.05) is 13.1 Å². The second-order valence-electron chi connectivity index (χ2n) is 5.45. The number of nitrogens with zero attached hydrogens (tertiary/aromatic N) is 1. The van der Waals surface area contributed by atoms with Gasteiger partial charge in [0.15, 0.2) is 0 Å². The molecule has 0 aliphatic carbocycles. The number of aryl methyl sites for hydroxylation is 1. The smallest absolute Gasteiger partial charge is 0.136 e. The molecule has 1 heterocycles. The normalized spacial score (nSPS) is 13.9. The predicted molar refractivity (Wildman–Crippen MR) is 86.1 cm³/mol. The van der Waals surface area contributed by atoms with E-state index in [2.05, 4.69) is 11.4 Å². The van der Waals surface area contributed by atoms with E-state index in [0.29, 0.717) is 24.4 Å². The first-order chi connectivity index (χ1) is 10.5. The summed E-state index contributed by atoms with van der Waals surface area (Å²) in [5.41, 5.74) is 0.658. The number of nitriles is 1. The molecule has 1 atom stereocenters. The Morgan fingerprint density at radius 3 is 2.59 bits per heavy atom. The first-order valence-electron chi connectivity index (χ1n) is 7.18. The van der Waals surface area contributed by atoms with Crippen molar-refractivity contribution in [3.05, 3.63) is 65.1 Å². The maximum absolute atomic E-state index is 10.4. The van der Waals surface area contributed by atoms with Gasteiger partial charge in [0.25, 0.3) is 0 Å². The van der Waals surface area contributed by atoms with Gasteiger partial charge in [0.05, 0.1) is 11.6 Å². The third-order valence-corrected chi connectivity index (χ3v) is 3.35. The molecule has 2 N–H and O–H groups in total. The fraction of sp³-hybridized carbons (Fsp3) is 0.278. The summed E-state index contributed by atoms with van der Waals surface area (Å²) in [5.74, 6) is 1.35. The molecule has 2 aromatic rings. The molecule has 0 spiro atoms. The molecule has 0 radical (unpaired) electrons. The number of benzene rings is 1. The van der Waals surface area contributed by atoms with E-state index < -0.39 is 5.60 Å². The van der Waals surface area contributed by atoms with Crippen LogP contribution in [0, 0.1) is 18.3 Å². The number of furan rings is 1. The van der Waals surface area contributed by atoms with Crippen LogP contribution in [0.2, 0.25) is 0 Å². The van der Waals surface area contributed by atoms with Gasteiger partial charge in [-0.05, 0) is 43.7 Å². The molecule has 1 aromatic heterocycles. The lowest BCUT2D eigenvalue weighted by molar-refractivity contribution is 0.0345. The van der Waals surface area contributed by atoms with Gasteiger partial charge in [-0.1, -0.05) is 24.3 Å². The maximum atomic E-state index is 10.4. The third kappa shape index (κ3) is 4.32. The highest BCUT2D eigenvalue weighted by Crippen LogP contribution is 2.21. The Morgan fingerprint density at radius 1 is 1.27 bits per heavy atom. The topological polar surface area (TPSA) is 69.2 Å². The minimum atomic E-state index is -1.03. The van der Waals surface area contributed by atoms with E-state index in [9.17, 15) is 5.11 Å². The molecule has 0 aliphatic rings. The number of hydrogen-bond acceptors (Lipinski definition) is 4. The Hall–Kier alpha value is -2.35. The molecular formula is C18H20N2O2. The van der Waals surface area contributed by atoms with Crippen molar-refractivity contribution in [1.29, 1.82) is 5.26 Å². The van der Waals surface area contributed by atoms with Crippen molar-refractivity contribution in [2.45, 2.75) is 19.4 Å². The molecule has 1 unspecified atom stereocenters. The molecule has 0 saturated carbocycles. The van der Waals surface area contributed by atoms with E-state index in [0.717, 1.165) is 11.3 Å². The molecule has 1 aromatic carbocycles. The van der Waals surface area contributed by atoms with E-state index in [-0.39, 0.29) is 0 Å². The third-order valence-electron chi connectivity index (χ3n) is 3.35. The van der Waals surface area contributed by atoms with Crippen molar-refractivity contribution < 1.29 is 9.52 Å². The van der Waals surface area contributed by atoms with Crippen molar-refractivity contribution in [2.24, 2.45) is 0 Å². The van der Waals surface area contributed by atoms with Crippen LogP contribution in [0.25, 0.3) is 6.08 Å². The van der Waals surface area contributed by atoms with Crippen LogP contribution in [0.15, 0.2) is 46.9 Å². The summed E-state index contributed by atoms with van der Waals surface area (Å²) >= 11 is 0. The van der Waals surface area contributed by atoms with Crippen LogP contribution in [0.1, 0.15) is 29.6 Å². The van der Waals surface area contributed by atoms with Crippen LogP contribution in [0.4, 0.5) is 0 Å². The van der Waals surface area contributed by atoms with Gasteiger partial charge >= 0.3 is 0 Å². The number of aliphatic hydroxyl groups is 1. The molecule has 0 amide bonds. The van der Waals surface area contributed by atoms with Crippen LogP contribution in [0.5, 0.6) is 0 Å². The van der Waals surface area contributed by atoms with Gasteiger partial charge in [0, 0.05) is 13.1 Å². The quantitative estimate of drug-likeness (QED) is 0.804. The summed E-state index contributed by atoms with van der Waals surface area (Å²) in [6, 6.07) is 13.1. The van der Waals surface area contributed by atoms with E-state index in [1.807, 2.05) is 37.3 Å². The highest BCUT2D eigenvalue weighted by atomic mass is 16.4. The van der Waals surface area contributed by atoms with Crippen LogP contribution in [-0.4, -0.2) is 18.2 Å². The van der Waals surface area contributed by atoms with Gasteiger partial charge in [0.1, 0.15) is 17.1 Å². The van der Waals surface area contributed by atoms with Crippen LogP contribution < -0.4 is 5.32 Å². The van der Waals surface area contributed by atoms with Crippen molar-refractivity contribution in [1.82, 2.24) is 5.32 Å². The molecule has 0 bridgehead atoms. The zero-order chi connectivity index (χ0) is 16.0. The summed E-state index contributed by atoms with van der Waals surface area (Å²) in [6.45, 7) is 4.61. The summed E-state index contributed by atoms with van der Waals surface area (Å²) in [6.07, 6.45) is 3.95. The van der Waals surface area contributed by atoms with Gasteiger partial charge in [0.2, 0.25) is 0 Å². The average molecular weight is 296 g/mol. The van der Waals surface area contributed by atoms with E-state index in [4.69, 9.17) is 9.68 Å². The predicted octanol–water partition coefficient (Wildman–Crippen LogP) is 2.97. The Kier molecular flexibility index (Phi) is 5.16. The summed E-state index contributed by atoms with van der Waals surface area (Å²) in [5, 5.41) is 22.3. The lowest BCUT2D eigenvalue weighted by Gasteiger charge is -2.20. The van der Waals surface area contributed by atoms with E-state index in [1.54, 1.807) is 25.1 Å². The Bertz CT molecular complexity index is 676. The second-order valence-corrected chi connectivity index (χ2v) is 5.45. The molecule has 0 aliphatic heterocycles. The summed E-state index contributed by atoms with van der Waals surface area (Å²) < 4.78 is 5.46. The van der Waals surface area contributed by atoms with Gasteiger partial charge in [-0.3, -0.25) is 0 Å². The van der Waals surface area contributed by atoms with Crippen molar-refractivity contribution in [3.8, 4) is 6.07 Å². The highest BCUT2D eigenvalue weighted by molar-refractivity contribution is 5.51. The number of rotatable bonds is 6. The Balaban J connectivity index is 1.81.